The second-order valence-corrected chi connectivity index (χ2v) is 9.96. The zero-order valence-corrected chi connectivity index (χ0v) is 22.4. The maximum Gasteiger partial charge on any atom is 0.430 e. The van der Waals surface area contributed by atoms with Crippen molar-refractivity contribution in [3.8, 4) is 5.75 Å². The van der Waals surface area contributed by atoms with Gasteiger partial charge in [-0.15, -0.1) is 0 Å². The molecule has 2 aromatic carbocycles. The number of methoxy groups -OCH3 is 2. The molecule has 12 heteroatoms. The van der Waals surface area contributed by atoms with E-state index in [9.17, 15) is 27.2 Å². The first-order chi connectivity index (χ1) is 19.1. The summed E-state index contributed by atoms with van der Waals surface area (Å²) in [5.74, 6) is -1.79. The average molecular weight is 568 g/mol. The van der Waals surface area contributed by atoms with Crippen molar-refractivity contribution in [3.05, 3.63) is 65.5 Å². The molecule has 0 aliphatic carbocycles. The van der Waals surface area contributed by atoms with Gasteiger partial charge in [-0.3, -0.25) is 4.79 Å². The number of hydrogen-bond donors (Lipinski definition) is 2. The predicted molar refractivity (Wildman–Crippen MR) is 137 cm³/mol. The van der Waals surface area contributed by atoms with Crippen molar-refractivity contribution in [3.63, 3.8) is 0 Å². The largest absolute Gasteiger partial charge is 0.493 e. The highest BCUT2D eigenvalue weighted by molar-refractivity contribution is 5.88. The Morgan fingerprint density at radius 1 is 1.07 bits per heavy atom. The molecule has 2 fully saturated rings. The van der Waals surface area contributed by atoms with Crippen LogP contribution in [0.15, 0.2) is 48.5 Å². The van der Waals surface area contributed by atoms with Crippen LogP contribution in [-0.2, 0) is 19.9 Å². The second kappa shape index (κ2) is 12.0. The third-order valence-corrected chi connectivity index (χ3v) is 7.73. The maximum absolute atomic E-state index is 14.5. The van der Waals surface area contributed by atoms with Gasteiger partial charge in [0, 0.05) is 70.0 Å². The van der Waals surface area contributed by atoms with Crippen LogP contribution >= 0.6 is 0 Å². The molecule has 2 aromatic rings. The Balaban J connectivity index is 1.61. The molecule has 4 rings (SSSR count). The van der Waals surface area contributed by atoms with E-state index in [4.69, 9.17) is 14.2 Å². The molecule has 0 radical (unpaired) electrons. The number of alkyl halides is 3. The van der Waals surface area contributed by atoms with Crippen molar-refractivity contribution < 1.29 is 41.4 Å². The van der Waals surface area contributed by atoms with Gasteiger partial charge in [0.1, 0.15) is 11.6 Å². The molecule has 2 aliphatic heterocycles. The molecule has 2 heterocycles. The van der Waals surface area contributed by atoms with Gasteiger partial charge in [0.25, 0.3) is 11.5 Å². The van der Waals surface area contributed by atoms with E-state index in [0.29, 0.717) is 24.3 Å². The first-order valence-electron chi connectivity index (χ1n) is 13.0. The Labute approximate surface area is 230 Å². The Morgan fingerprint density at radius 3 is 2.40 bits per heavy atom. The van der Waals surface area contributed by atoms with Crippen molar-refractivity contribution in [2.45, 2.75) is 42.5 Å². The van der Waals surface area contributed by atoms with Gasteiger partial charge in [0.05, 0.1) is 12.1 Å². The number of piperidine rings is 1. The van der Waals surface area contributed by atoms with Crippen LogP contribution in [0.2, 0.25) is 0 Å². The van der Waals surface area contributed by atoms with E-state index in [1.54, 1.807) is 19.2 Å². The Hall–Kier alpha value is -3.38. The molecule has 3 amide bonds. The lowest BCUT2D eigenvalue weighted by Gasteiger charge is -2.50. The van der Waals surface area contributed by atoms with Gasteiger partial charge in [-0.2, -0.15) is 13.2 Å². The fourth-order valence-electron chi connectivity index (χ4n) is 5.67. The van der Waals surface area contributed by atoms with Gasteiger partial charge in [-0.1, -0.05) is 36.4 Å². The van der Waals surface area contributed by atoms with Gasteiger partial charge in [0.2, 0.25) is 0 Å². The standard InChI is InChI=1S/C28H33F4N3O5/c1-38-15-6-16-40-23-17-20(29)9-10-21(23)22-18-33-25(37)34-26(22)11-13-35(14-12-26)24(36)27(39-2,28(30,31)32)19-7-4-3-5-8-19/h3-5,7-10,17,22H,6,11-16,18H2,1-2H3,(H2,33,34,37)/t22?,27-/m1/s1. The number of nitrogens with one attached hydrogen (secondary N) is 2. The van der Waals surface area contributed by atoms with E-state index in [1.807, 2.05) is 0 Å². The average Bonchev–Trinajstić information content (AvgIpc) is 2.92. The van der Waals surface area contributed by atoms with Gasteiger partial charge in [-0.25, -0.2) is 9.18 Å². The second-order valence-electron chi connectivity index (χ2n) is 9.96. The molecule has 2 aliphatic rings. The van der Waals surface area contributed by atoms with Gasteiger partial charge in [0.15, 0.2) is 0 Å². The van der Waals surface area contributed by atoms with E-state index in [2.05, 4.69) is 10.6 Å². The van der Waals surface area contributed by atoms with Gasteiger partial charge in [-0.05, 0) is 18.9 Å². The summed E-state index contributed by atoms with van der Waals surface area (Å²) in [5.41, 5.74) is -3.74. The van der Waals surface area contributed by atoms with Crippen LogP contribution < -0.4 is 15.4 Å². The van der Waals surface area contributed by atoms with E-state index in [0.717, 1.165) is 12.0 Å². The summed E-state index contributed by atoms with van der Waals surface area (Å²) >= 11 is 0. The predicted octanol–water partition coefficient (Wildman–Crippen LogP) is 4.10. The summed E-state index contributed by atoms with van der Waals surface area (Å²) in [6.45, 7) is 0.823. The molecule has 8 nitrogen and oxygen atoms in total. The monoisotopic (exact) mass is 567 g/mol. The number of ether oxygens (including phenoxy) is 3. The summed E-state index contributed by atoms with van der Waals surface area (Å²) in [6.07, 6.45) is -4.10. The van der Waals surface area contributed by atoms with Crippen LogP contribution in [-0.4, -0.2) is 75.6 Å². The van der Waals surface area contributed by atoms with Crippen molar-refractivity contribution >= 4 is 11.9 Å². The maximum atomic E-state index is 14.5. The van der Waals surface area contributed by atoms with Crippen molar-refractivity contribution in [2.24, 2.45) is 0 Å². The zero-order chi connectivity index (χ0) is 29.0. The van der Waals surface area contributed by atoms with Crippen LogP contribution in [0.4, 0.5) is 22.4 Å². The SMILES string of the molecule is COCCCOc1cc(F)ccc1C1CNC(=O)NC12CCN(C(=O)[C@](OC)(c1ccccc1)C(F)(F)F)CC2. The van der Waals surface area contributed by atoms with E-state index in [1.165, 1.54) is 36.4 Å². The van der Waals surface area contributed by atoms with Gasteiger partial charge >= 0.3 is 12.2 Å². The van der Waals surface area contributed by atoms with E-state index < -0.39 is 41.0 Å². The quantitative estimate of drug-likeness (QED) is 0.352. The summed E-state index contributed by atoms with van der Waals surface area (Å²) in [7, 11) is 2.44. The minimum absolute atomic E-state index is 0.0607. The fraction of sp³-hybridized carbons (Fsp3) is 0.500. The zero-order valence-electron chi connectivity index (χ0n) is 22.4. The molecule has 1 spiro atoms. The molecular formula is C28H33F4N3O5. The smallest absolute Gasteiger partial charge is 0.430 e. The molecule has 0 aromatic heterocycles. The highest BCUT2D eigenvalue weighted by atomic mass is 19.4. The number of halogens is 4. The number of rotatable bonds is 9. The normalized spacial score (nSPS) is 20.4. The molecule has 2 saturated heterocycles. The number of carbonyl (C=O) groups excluding carboxylic acids is 2. The van der Waals surface area contributed by atoms with Crippen LogP contribution in [0.5, 0.6) is 5.75 Å². The van der Waals surface area contributed by atoms with E-state index >= 15 is 0 Å². The van der Waals surface area contributed by atoms with Crippen LogP contribution in [0, 0.1) is 5.82 Å². The van der Waals surface area contributed by atoms with Crippen molar-refractivity contribution in [1.82, 2.24) is 15.5 Å². The number of benzene rings is 2. The first-order valence-corrected chi connectivity index (χ1v) is 13.0. The highest BCUT2D eigenvalue weighted by Gasteiger charge is 2.64. The lowest BCUT2D eigenvalue weighted by molar-refractivity contribution is -0.270. The first kappa shape index (κ1) is 29.6. The van der Waals surface area contributed by atoms with Crippen LogP contribution in [0.1, 0.15) is 36.3 Å². The summed E-state index contributed by atoms with van der Waals surface area (Å²) in [4.78, 5) is 27.1. The number of nitrogens with zero attached hydrogens (tertiary/aromatic N) is 1. The van der Waals surface area contributed by atoms with Crippen LogP contribution in [0.3, 0.4) is 0 Å². The Bertz CT molecular complexity index is 1190. The van der Waals surface area contributed by atoms with E-state index in [-0.39, 0.29) is 44.6 Å². The number of hydrogen-bond acceptors (Lipinski definition) is 5. The fourth-order valence-corrected chi connectivity index (χ4v) is 5.67. The summed E-state index contributed by atoms with van der Waals surface area (Å²) in [5, 5.41) is 5.72. The number of urea groups is 1. The van der Waals surface area contributed by atoms with Crippen LogP contribution in [0.25, 0.3) is 0 Å². The van der Waals surface area contributed by atoms with Crippen molar-refractivity contribution in [1.29, 1.82) is 0 Å². The molecule has 0 saturated carbocycles. The third-order valence-electron chi connectivity index (χ3n) is 7.73. The summed E-state index contributed by atoms with van der Waals surface area (Å²) in [6, 6.07) is 10.6. The third kappa shape index (κ3) is 5.60. The lowest BCUT2D eigenvalue weighted by Crippen LogP contribution is -2.67. The topological polar surface area (TPSA) is 89.1 Å². The molecule has 218 valence electrons. The molecule has 40 heavy (non-hydrogen) atoms. The minimum atomic E-state index is -5.02. The highest BCUT2D eigenvalue weighted by Crippen LogP contribution is 2.46. The summed E-state index contributed by atoms with van der Waals surface area (Å²) < 4.78 is 73.5. The number of carbonyl (C=O) groups is 2. The number of amides is 3. The number of likely N-dealkylation sites (tertiary alicyclic amines) is 1. The van der Waals surface area contributed by atoms with Crippen molar-refractivity contribution in [2.75, 3.05) is 47.1 Å². The molecule has 2 N–H and O–H groups in total. The molecular weight excluding hydrogens is 534 g/mol. The minimum Gasteiger partial charge on any atom is -0.493 e. The Kier molecular flexibility index (Phi) is 8.89. The molecule has 2 atom stereocenters. The molecule has 0 bridgehead atoms. The Morgan fingerprint density at radius 2 is 1.77 bits per heavy atom. The lowest BCUT2D eigenvalue weighted by atomic mass is 9.71. The molecule has 1 unspecified atom stereocenters. The van der Waals surface area contributed by atoms with Gasteiger partial charge < -0.3 is 29.7 Å².